The van der Waals surface area contributed by atoms with Crippen molar-refractivity contribution in [2.45, 2.75) is 45.3 Å². The van der Waals surface area contributed by atoms with Crippen LogP contribution < -0.4 is 5.32 Å². The number of amides is 2. The largest absolute Gasteiger partial charge is 0.469 e. The molecule has 0 aromatic heterocycles. The fraction of sp³-hybridized carbons (Fsp3) is 0.857. The Balaban J connectivity index is 2.60. The molecule has 0 aromatic carbocycles. The maximum Gasteiger partial charge on any atom is 0.408 e. The molecule has 1 N–H and O–H groups in total. The molecule has 0 aliphatic carbocycles. The van der Waals surface area contributed by atoms with Crippen molar-refractivity contribution in [2.24, 2.45) is 11.8 Å². The molecule has 5 nitrogen and oxygen atoms in total. The number of piperidine rings is 1. The SMILES string of the molecule is CC[C@@H](C)[C@@H](NC(=O)N1CCC(C(=O)OC)CC1)C(F)(F)F. The van der Waals surface area contributed by atoms with E-state index in [4.69, 9.17) is 0 Å². The summed E-state index contributed by atoms with van der Waals surface area (Å²) in [7, 11) is 1.29. The first-order valence-electron chi connectivity index (χ1n) is 7.40. The second-order valence-corrected chi connectivity index (χ2v) is 5.64. The van der Waals surface area contributed by atoms with Crippen LogP contribution in [0.25, 0.3) is 0 Å². The number of rotatable bonds is 4. The zero-order chi connectivity index (χ0) is 16.9. The molecule has 2 amide bonds. The summed E-state index contributed by atoms with van der Waals surface area (Å²) in [5.74, 6) is -1.33. The number of carbonyl (C=O) groups is 2. The maximum absolute atomic E-state index is 13.0. The zero-order valence-corrected chi connectivity index (χ0v) is 13.1. The molecule has 1 heterocycles. The van der Waals surface area contributed by atoms with Gasteiger partial charge in [-0.1, -0.05) is 20.3 Å². The summed E-state index contributed by atoms with van der Waals surface area (Å²) in [6, 6.07) is -2.59. The van der Waals surface area contributed by atoms with Gasteiger partial charge >= 0.3 is 18.2 Å². The van der Waals surface area contributed by atoms with Crippen molar-refractivity contribution in [2.75, 3.05) is 20.2 Å². The van der Waals surface area contributed by atoms with Gasteiger partial charge in [-0.15, -0.1) is 0 Å². The van der Waals surface area contributed by atoms with Crippen molar-refractivity contribution < 1.29 is 27.5 Å². The standard InChI is InChI=1S/C14H23F3N2O3/c1-4-9(2)11(14(15,16)17)18-13(21)19-7-5-10(6-8-19)12(20)22-3/h9-11H,4-8H2,1-3H3,(H,18,21)/t9-,11-/m1/s1. The molecular formula is C14H23F3N2O3. The van der Waals surface area contributed by atoms with Crippen molar-refractivity contribution in [1.29, 1.82) is 0 Å². The third-order valence-electron chi connectivity index (χ3n) is 4.16. The Kier molecular flexibility index (Phi) is 6.49. The average Bonchev–Trinajstić information content (AvgIpc) is 2.49. The summed E-state index contributed by atoms with van der Waals surface area (Å²) < 4.78 is 43.6. The molecule has 2 atom stereocenters. The first-order chi connectivity index (χ1) is 10.2. The van der Waals surface area contributed by atoms with Gasteiger partial charge in [0.15, 0.2) is 0 Å². The molecule has 0 unspecified atom stereocenters. The lowest BCUT2D eigenvalue weighted by Crippen LogP contribution is -2.55. The molecule has 0 spiro atoms. The predicted molar refractivity (Wildman–Crippen MR) is 74.1 cm³/mol. The van der Waals surface area contributed by atoms with Crippen LogP contribution in [0, 0.1) is 11.8 Å². The number of nitrogens with one attached hydrogen (secondary N) is 1. The van der Waals surface area contributed by atoms with E-state index in [2.05, 4.69) is 10.1 Å². The minimum absolute atomic E-state index is 0.247. The quantitative estimate of drug-likeness (QED) is 0.809. The second-order valence-electron chi connectivity index (χ2n) is 5.64. The van der Waals surface area contributed by atoms with Crippen molar-refractivity contribution in [3.8, 4) is 0 Å². The Morgan fingerprint density at radius 2 is 1.86 bits per heavy atom. The van der Waals surface area contributed by atoms with Crippen LogP contribution in [0.15, 0.2) is 0 Å². The first kappa shape index (κ1) is 18.6. The number of ether oxygens (including phenoxy) is 1. The van der Waals surface area contributed by atoms with Gasteiger partial charge in [-0.25, -0.2) is 4.79 Å². The second kappa shape index (κ2) is 7.69. The van der Waals surface area contributed by atoms with Gasteiger partial charge in [0.2, 0.25) is 0 Å². The number of alkyl halides is 3. The smallest absolute Gasteiger partial charge is 0.408 e. The van der Waals surface area contributed by atoms with Crippen molar-refractivity contribution in [3.05, 3.63) is 0 Å². The summed E-state index contributed by atoms with van der Waals surface area (Å²) in [6.45, 7) is 3.60. The summed E-state index contributed by atoms with van der Waals surface area (Å²) >= 11 is 0. The van der Waals surface area contributed by atoms with Crippen LogP contribution in [0.4, 0.5) is 18.0 Å². The lowest BCUT2D eigenvalue weighted by Gasteiger charge is -2.34. The van der Waals surface area contributed by atoms with Crippen LogP contribution in [0.3, 0.4) is 0 Å². The molecule has 0 saturated carbocycles. The zero-order valence-electron chi connectivity index (χ0n) is 13.1. The van der Waals surface area contributed by atoms with Gasteiger partial charge in [-0.05, 0) is 18.8 Å². The summed E-state index contributed by atoms with van der Waals surface area (Å²) in [6.07, 6.45) is -3.36. The fourth-order valence-corrected chi connectivity index (χ4v) is 2.49. The highest BCUT2D eigenvalue weighted by molar-refractivity contribution is 5.76. The van der Waals surface area contributed by atoms with Crippen LogP contribution in [0.1, 0.15) is 33.1 Å². The monoisotopic (exact) mass is 324 g/mol. The van der Waals surface area contributed by atoms with Crippen molar-refractivity contribution in [3.63, 3.8) is 0 Å². The number of hydrogen-bond acceptors (Lipinski definition) is 3. The summed E-state index contributed by atoms with van der Waals surface area (Å²) in [4.78, 5) is 24.7. The van der Waals surface area contributed by atoms with Crippen LogP contribution in [-0.4, -0.2) is 49.3 Å². The van der Waals surface area contributed by atoms with E-state index in [1.807, 2.05) is 0 Å². The van der Waals surface area contributed by atoms with Crippen LogP contribution in [0.2, 0.25) is 0 Å². The van der Waals surface area contributed by atoms with Gasteiger partial charge in [-0.2, -0.15) is 13.2 Å². The number of likely N-dealkylation sites (tertiary alicyclic amines) is 1. The molecule has 8 heteroatoms. The minimum atomic E-state index is -4.48. The lowest BCUT2D eigenvalue weighted by molar-refractivity contribution is -0.164. The Morgan fingerprint density at radius 1 is 1.32 bits per heavy atom. The van der Waals surface area contributed by atoms with E-state index in [1.54, 1.807) is 6.92 Å². The number of hydrogen-bond donors (Lipinski definition) is 1. The number of carbonyl (C=O) groups excluding carboxylic acids is 2. The minimum Gasteiger partial charge on any atom is -0.469 e. The summed E-state index contributed by atoms with van der Waals surface area (Å²) in [5.41, 5.74) is 0. The van der Waals surface area contributed by atoms with Gasteiger partial charge in [0.05, 0.1) is 13.0 Å². The predicted octanol–water partition coefficient (Wildman–Crippen LogP) is 2.56. The molecule has 0 aromatic rings. The average molecular weight is 324 g/mol. The number of urea groups is 1. The molecule has 22 heavy (non-hydrogen) atoms. The molecule has 0 radical (unpaired) electrons. The van der Waals surface area contributed by atoms with Gasteiger partial charge in [-0.3, -0.25) is 4.79 Å². The lowest BCUT2D eigenvalue weighted by atomic mass is 9.97. The third-order valence-corrected chi connectivity index (χ3v) is 4.16. The van der Waals surface area contributed by atoms with E-state index < -0.39 is 24.2 Å². The number of halogens is 3. The van der Waals surface area contributed by atoms with E-state index in [1.165, 1.54) is 18.9 Å². The Bertz CT molecular complexity index is 393. The highest BCUT2D eigenvalue weighted by atomic mass is 19.4. The van der Waals surface area contributed by atoms with Crippen molar-refractivity contribution in [1.82, 2.24) is 10.2 Å². The van der Waals surface area contributed by atoms with Gasteiger partial charge < -0.3 is 15.0 Å². The number of nitrogens with zero attached hydrogens (tertiary/aromatic N) is 1. The van der Waals surface area contributed by atoms with E-state index >= 15 is 0 Å². The van der Waals surface area contributed by atoms with E-state index in [-0.39, 0.29) is 25.0 Å². The maximum atomic E-state index is 13.0. The van der Waals surface area contributed by atoms with Gasteiger partial charge in [0.25, 0.3) is 0 Å². The highest BCUT2D eigenvalue weighted by Crippen LogP contribution is 2.28. The van der Waals surface area contributed by atoms with Gasteiger partial charge in [0.1, 0.15) is 6.04 Å². The molecular weight excluding hydrogens is 301 g/mol. The molecule has 0 bridgehead atoms. The normalized spacial score (nSPS) is 19.5. The molecule has 128 valence electrons. The Hall–Kier alpha value is -1.47. The van der Waals surface area contributed by atoms with Crippen LogP contribution >= 0.6 is 0 Å². The number of esters is 1. The topological polar surface area (TPSA) is 58.6 Å². The van der Waals surface area contributed by atoms with Crippen LogP contribution in [-0.2, 0) is 9.53 Å². The molecule has 1 rings (SSSR count). The number of methoxy groups -OCH3 is 1. The van der Waals surface area contributed by atoms with Crippen molar-refractivity contribution >= 4 is 12.0 Å². The Morgan fingerprint density at radius 3 is 2.27 bits per heavy atom. The third kappa shape index (κ3) is 4.78. The van der Waals surface area contributed by atoms with E-state index in [9.17, 15) is 22.8 Å². The first-order valence-corrected chi connectivity index (χ1v) is 7.40. The Labute approximate surface area is 128 Å². The summed E-state index contributed by atoms with van der Waals surface area (Å²) in [5, 5.41) is 2.08. The molecule has 1 aliphatic rings. The molecule has 1 aliphatic heterocycles. The highest BCUT2D eigenvalue weighted by Gasteiger charge is 2.44. The molecule has 1 saturated heterocycles. The van der Waals surface area contributed by atoms with Crippen LogP contribution in [0.5, 0.6) is 0 Å². The van der Waals surface area contributed by atoms with E-state index in [0.29, 0.717) is 19.3 Å². The van der Waals surface area contributed by atoms with Gasteiger partial charge in [0, 0.05) is 13.1 Å². The van der Waals surface area contributed by atoms with E-state index in [0.717, 1.165) is 0 Å². The molecule has 1 fully saturated rings. The fourth-order valence-electron chi connectivity index (χ4n) is 2.49.